The van der Waals surface area contributed by atoms with E-state index in [9.17, 15) is 5.11 Å². The zero-order valence-corrected chi connectivity index (χ0v) is 13.7. The van der Waals surface area contributed by atoms with Crippen LogP contribution in [0.2, 0.25) is 0 Å². The third-order valence-electron chi connectivity index (χ3n) is 4.41. The fraction of sp³-hybridized carbons (Fsp3) is 0.800. The third kappa shape index (κ3) is 2.83. The van der Waals surface area contributed by atoms with E-state index in [4.69, 9.17) is 4.74 Å². The van der Waals surface area contributed by atoms with Crippen LogP contribution in [0.4, 0.5) is 0 Å². The molecular weight excluding hydrogens is 254 g/mol. The molecule has 0 amide bonds. The fourth-order valence-electron chi connectivity index (χ4n) is 2.89. The lowest BCUT2D eigenvalue weighted by Gasteiger charge is -2.43. The molecule has 0 saturated carbocycles. The largest absolute Gasteiger partial charge is 0.493 e. The summed E-state index contributed by atoms with van der Waals surface area (Å²) in [5.41, 5.74) is 0.440. The monoisotopic (exact) mass is 283 g/mol. The lowest BCUT2D eigenvalue weighted by atomic mass is 9.87. The molecule has 0 aromatic carbocycles. The lowest BCUT2D eigenvalue weighted by Crippen LogP contribution is -2.50. The van der Waals surface area contributed by atoms with Crippen molar-refractivity contribution in [3.63, 3.8) is 0 Å². The van der Waals surface area contributed by atoms with Crippen molar-refractivity contribution in [1.29, 1.82) is 0 Å². The van der Waals surface area contributed by atoms with Gasteiger partial charge in [-0.05, 0) is 33.4 Å². The van der Waals surface area contributed by atoms with E-state index in [0.717, 1.165) is 25.2 Å². The molecule has 1 aromatic rings. The average Bonchev–Trinajstić information content (AvgIpc) is 2.89. The summed E-state index contributed by atoms with van der Waals surface area (Å²) in [5.74, 6) is 0.659. The van der Waals surface area contributed by atoms with E-state index in [1.165, 1.54) is 0 Å². The highest BCUT2D eigenvalue weighted by molar-refractivity contribution is 5.29. The summed E-state index contributed by atoms with van der Waals surface area (Å²) < 4.78 is 7.19. The first-order valence-electron chi connectivity index (χ1n) is 7.52. The number of nitrogens with zero attached hydrogens (tertiary/aromatic N) is 3. The maximum Gasteiger partial charge on any atom is 0.162 e. The molecule has 2 atom stereocenters. The van der Waals surface area contributed by atoms with Crippen molar-refractivity contribution in [2.45, 2.75) is 59.2 Å². The van der Waals surface area contributed by atoms with Crippen LogP contribution in [-0.2, 0) is 6.54 Å². The minimum Gasteiger partial charge on any atom is -0.493 e. The Labute approximate surface area is 122 Å². The predicted molar refractivity (Wildman–Crippen MR) is 81.0 cm³/mol. The topological polar surface area (TPSA) is 50.5 Å². The van der Waals surface area contributed by atoms with Crippen LogP contribution in [0.5, 0.6) is 5.75 Å². The molecule has 5 nitrogen and oxygen atoms in total. The van der Waals surface area contributed by atoms with E-state index < -0.39 is 6.10 Å². The number of likely N-dealkylation sites (N-methyl/N-ethyl adjacent to an activating group) is 1. The van der Waals surface area contributed by atoms with E-state index in [2.05, 4.69) is 37.7 Å². The third-order valence-corrected chi connectivity index (χ3v) is 4.41. The van der Waals surface area contributed by atoms with Gasteiger partial charge in [-0.2, -0.15) is 5.10 Å². The van der Waals surface area contributed by atoms with Gasteiger partial charge in [0.05, 0.1) is 13.3 Å². The quantitative estimate of drug-likeness (QED) is 0.796. The average molecular weight is 283 g/mol. The standard InChI is InChI=1S/C15H29N3O2/c1-7-15(5,17(8-2)9-3)14(19)13-12(20-6)11-16-18(13)10-4/h11,14,19H,7-10H2,1-6H3. The van der Waals surface area contributed by atoms with Gasteiger partial charge in [0, 0.05) is 12.1 Å². The van der Waals surface area contributed by atoms with Crippen molar-refractivity contribution in [2.24, 2.45) is 0 Å². The number of hydrogen-bond donors (Lipinski definition) is 1. The first-order chi connectivity index (χ1) is 9.49. The maximum absolute atomic E-state index is 11.0. The van der Waals surface area contributed by atoms with Gasteiger partial charge in [-0.15, -0.1) is 0 Å². The molecule has 1 N–H and O–H groups in total. The van der Waals surface area contributed by atoms with Gasteiger partial charge in [0.2, 0.25) is 0 Å². The Hall–Kier alpha value is -1.07. The Morgan fingerprint density at radius 1 is 1.35 bits per heavy atom. The van der Waals surface area contributed by atoms with Crippen molar-refractivity contribution in [2.75, 3.05) is 20.2 Å². The van der Waals surface area contributed by atoms with Crippen LogP contribution in [0, 0.1) is 0 Å². The maximum atomic E-state index is 11.0. The molecule has 116 valence electrons. The van der Waals surface area contributed by atoms with Gasteiger partial charge >= 0.3 is 0 Å². The van der Waals surface area contributed by atoms with E-state index in [-0.39, 0.29) is 5.54 Å². The van der Waals surface area contributed by atoms with Crippen LogP contribution < -0.4 is 4.74 Å². The highest BCUT2D eigenvalue weighted by Gasteiger charge is 2.40. The van der Waals surface area contributed by atoms with Gasteiger partial charge in [0.15, 0.2) is 5.75 Å². The highest BCUT2D eigenvalue weighted by Crippen LogP contribution is 2.38. The van der Waals surface area contributed by atoms with E-state index in [0.29, 0.717) is 12.3 Å². The molecule has 2 unspecified atom stereocenters. The summed E-state index contributed by atoms with van der Waals surface area (Å²) in [6, 6.07) is 0. The van der Waals surface area contributed by atoms with E-state index in [1.807, 2.05) is 11.6 Å². The van der Waals surface area contributed by atoms with Crippen molar-refractivity contribution in [3.8, 4) is 5.75 Å². The van der Waals surface area contributed by atoms with Gasteiger partial charge in [0.25, 0.3) is 0 Å². The van der Waals surface area contributed by atoms with Crippen molar-refractivity contribution >= 4 is 0 Å². The molecule has 0 aliphatic rings. The van der Waals surface area contributed by atoms with Gasteiger partial charge in [-0.3, -0.25) is 9.58 Å². The summed E-state index contributed by atoms with van der Waals surface area (Å²) >= 11 is 0. The van der Waals surface area contributed by atoms with Gasteiger partial charge in [0.1, 0.15) is 11.8 Å². The van der Waals surface area contributed by atoms with Crippen molar-refractivity contribution < 1.29 is 9.84 Å². The lowest BCUT2D eigenvalue weighted by molar-refractivity contribution is -0.0268. The normalized spacial score (nSPS) is 16.2. The molecule has 1 aromatic heterocycles. The van der Waals surface area contributed by atoms with Crippen LogP contribution in [0.1, 0.15) is 52.8 Å². The first-order valence-corrected chi connectivity index (χ1v) is 7.52. The number of methoxy groups -OCH3 is 1. The summed E-state index contributed by atoms with van der Waals surface area (Å²) in [5, 5.41) is 15.3. The van der Waals surface area contributed by atoms with Crippen molar-refractivity contribution in [3.05, 3.63) is 11.9 Å². The van der Waals surface area contributed by atoms with Crippen molar-refractivity contribution in [1.82, 2.24) is 14.7 Å². The molecule has 1 heterocycles. The summed E-state index contributed by atoms with van der Waals surface area (Å²) in [6.45, 7) is 13.0. The molecule has 0 bridgehead atoms. The first kappa shape index (κ1) is 17.0. The minimum atomic E-state index is -0.634. The Kier molecular flexibility index (Phi) is 6.02. The van der Waals surface area contributed by atoms with E-state index >= 15 is 0 Å². The number of hydrogen-bond acceptors (Lipinski definition) is 4. The van der Waals surface area contributed by atoms with Gasteiger partial charge in [-0.25, -0.2) is 0 Å². The molecule has 1 rings (SSSR count). The zero-order valence-electron chi connectivity index (χ0n) is 13.7. The molecule has 5 heteroatoms. The van der Waals surface area contributed by atoms with Crippen LogP contribution in [0.25, 0.3) is 0 Å². The SMILES string of the molecule is CCN(CC)C(C)(CC)C(O)c1c(OC)cnn1CC. The second kappa shape index (κ2) is 7.09. The molecule has 0 spiro atoms. The van der Waals surface area contributed by atoms with Crippen LogP contribution in [0.3, 0.4) is 0 Å². The molecular formula is C15H29N3O2. The number of ether oxygens (including phenoxy) is 1. The highest BCUT2D eigenvalue weighted by atomic mass is 16.5. The minimum absolute atomic E-state index is 0.330. The number of aliphatic hydroxyl groups is 1. The Morgan fingerprint density at radius 2 is 1.95 bits per heavy atom. The molecule has 0 aliphatic carbocycles. The Morgan fingerprint density at radius 3 is 2.35 bits per heavy atom. The van der Waals surface area contributed by atoms with Gasteiger partial charge in [-0.1, -0.05) is 20.8 Å². The number of aliphatic hydroxyl groups excluding tert-OH is 1. The molecule has 0 saturated heterocycles. The number of aromatic nitrogens is 2. The Balaban J connectivity index is 3.26. The summed E-state index contributed by atoms with van der Waals surface area (Å²) in [4.78, 5) is 2.30. The molecule has 0 fully saturated rings. The smallest absolute Gasteiger partial charge is 0.162 e. The molecule has 0 radical (unpaired) electrons. The predicted octanol–water partition coefficient (Wildman–Crippen LogP) is 2.46. The number of rotatable bonds is 8. The van der Waals surface area contributed by atoms with Gasteiger partial charge < -0.3 is 9.84 Å². The second-order valence-electron chi connectivity index (χ2n) is 5.20. The molecule has 20 heavy (non-hydrogen) atoms. The summed E-state index contributed by atoms with van der Waals surface area (Å²) in [7, 11) is 1.62. The Bertz CT molecular complexity index is 394. The van der Waals surface area contributed by atoms with Crippen LogP contribution in [0.15, 0.2) is 6.20 Å². The second-order valence-corrected chi connectivity index (χ2v) is 5.20. The summed E-state index contributed by atoms with van der Waals surface area (Å²) in [6.07, 6.45) is 1.90. The number of aryl methyl sites for hydroxylation is 1. The fourth-order valence-corrected chi connectivity index (χ4v) is 2.89. The van der Waals surface area contributed by atoms with Crippen LogP contribution >= 0.6 is 0 Å². The van der Waals surface area contributed by atoms with Crippen LogP contribution in [-0.4, -0.2) is 45.5 Å². The van der Waals surface area contributed by atoms with E-state index in [1.54, 1.807) is 13.3 Å². The zero-order chi connectivity index (χ0) is 15.3. The molecule has 0 aliphatic heterocycles.